The van der Waals surface area contributed by atoms with E-state index in [0.29, 0.717) is 27.7 Å². The molecule has 2 heterocycles. The summed E-state index contributed by atoms with van der Waals surface area (Å²) in [5.74, 6) is -0.975. The largest absolute Gasteiger partial charge is 0.501 e. The second-order valence-corrected chi connectivity index (χ2v) is 5.60. The number of fused-ring (bicyclic) bond motifs is 1. The van der Waals surface area contributed by atoms with E-state index in [0.717, 1.165) is 22.3 Å². The molecular formula is C14H14ClNO3S. The maximum absolute atomic E-state index is 11.4. The average molecular weight is 312 g/mol. The highest BCUT2D eigenvalue weighted by molar-refractivity contribution is 7.20. The van der Waals surface area contributed by atoms with E-state index >= 15 is 0 Å². The SMILES string of the molecule is CCO/C=C/c1c(C(=O)O)sc2nc(C)c(Cl)c(C)c12. The van der Waals surface area contributed by atoms with Crippen molar-refractivity contribution in [3.8, 4) is 0 Å². The second kappa shape index (κ2) is 5.81. The molecule has 2 aromatic rings. The van der Waals surface area contributed by atoms with E-state index in [9.17, 15) is 9.90 Å². The molecule has 106 valence electrons. The third kappa shape index (κ3) is 2.51. The van der Waals surface area contributed by atoms with Crippen molar-refractivity contribution in [2.75, 3.05) is 6.61 Å². The van der Waals surface area contributed by atoms with Crippen molar-refractivity contribution in [1.82, 2.24) is 4.98 Å². The third-order valence-electron chi connectivity index (χ3n) is 2.91. The summed E-state index contributed by atoms with van der Waals surface area (Å²) in [6, 6.07) is 0. The number of ether oxygens (including phenoxy) is 1. The Morgan fingerprint density at radius 2 is 2.20 bits per heavy atom. The van der Waals surface area contributed by atoms with Crippen LogP contribution < -0.4 is 0 Å². The lowest BCUT2D eigenvalue weighted by molar-refractivity contribution is 0.0702. The molecule has 0 saturated heterocycles. The van der Waals surface area contributed by atoms with Crippen molar-refractivity contribution < 1.29 is 14.6 Å². The van der Waals surface area contributed by atoms with Crippen LogP contribution in [0.3, 0.4) is 0 Å². The summed E-state index contributed by atoms with van der Waals surface area (Å²) in [6.07, 6.45) is 3.16. The topological polar surface area (TPSA) is 59.4 Å². The lowest BCUT2D eigenvalue weighted by Gasteiger charge is -2.04. The quantitative estimate of drug-likeness (QED) is 0.856. The Bertz CT molecular complexity index is 706. The van der Waals surface area contributed by atoms with Crippen LogP contribution in [0.25, 0.3) is 16.3 Å². The van der Waals surface area contributed by atoms with Crippen molar-refractivity contribution in [2.24, 2.45) is 0 Å². The minimum absolute atomic E-state index is 0.244. The van der Waals surface area contributed by atoms with Gasteiger partial charge < -0.3 is 9.84 Å². The van der Waals surface area contributed by atoms with Gasteiger partial charge in [0.15, 0.2) is 0 Å². The smallest absolute Gasteiger partial charge is 0.346 e. The molecule has 0 atom stereocenters. The van der Waals surface area contributed by atoms with Gasteiger partial charge in [-0.15, -0.1) is 11.3 Å². The number of aromatic nitrogens is 1. The zero-order valence-electron chi connectivity index (χ0n) is 11.4. The number of aromatic carboxylic acids is 1. The van der Waals surface area contributed by atoms with Gasteiger partial charge in [0.2, 0.25) is 0 Å². The first kappa shape index (κ1) is 14.8. The van der Waals surface area contributed by atoms with E-state index in [1.807, 2.05) is 20.8 Å². The summed E-state index contributed by atoms with van der Waals surface area (Å²) in [5, 5.41) is 10.7. The molecule has 2 rings (SSSR count). The molecule has 6 heteroatoms. The molecule has 0 radical (unpaired) electrons. The lowest BCUT2D eigenvalue weighted by Crippen LogP contribution is -1.95. The molecule has 1 N–H and O–H groups in total. The van der Waals surface area contributed by atoms with Crippen LogP contribution in [0, 0.1) is 13.8 Å². The van der Waals surface area contributed by atoms with Gasteiger partial charge in [0.25, 0.3) is 0 Å². The number of pyridine rings is 1. The van der Waals surface area contributed by atoms with E-state index in [1.165, 1.54) is 6.26 Å². The molecule has 2 aromatic heterocycles. The number of nitrogens with zero attached hydrogens (tertiary/aromatic N) is 1. The van der Waals surface area contributed by atoms with Crippen LogP contribution in [0.4, 0.5) is 0 Å². The predicted molar refractivity (Wildman–Crippen MR) is 81.7 cm³/mol. The highest BCUT2D eigenvalue weighted by Crippen LogP contribution is 2.37. The molecule has 0 spiro atoms. The predicted octanol–water partition coefficient (Wildman–Crippen LogP) is 4.27. The van der Waals surface area contributed by atoms with Crippen molar-refractivity contribution in [2.45, 2.75) is 20.8 Å². The van der Waals surface area contributed by atoms with Gasteiger partial charge in [0, 0.05) is 10.9 Å². The van der Waals surface area contributed by atoms with Gasteiger partial charge in [-0.3, -0.25) is 0 Å². The Labute approximate surface area is 125 Å². The minimum Gasteiger partial charge on any atom is -0.501 e. The molecule has 0 aliphatic heterocycles. The van der Waals surface area contributed by atoms with Crippen molar-refractivity contribution in [1.29, 1.82) is 0 Å². The fourth-order valence-electron chi connectivity index (χ4n) is 1.99. The number of halogens is 1. The number of rotatable bonds is 4. The number of thiophene rings is 1. The zero-order valence-corrected chi connectivity index (χ0v) is 12.9. The van der Waals surface area contributed by atoms with E-state index in [-0.39, 0.29) is 4.88 Å². The number of aryl methyl sites for hydroxylation is 2. The third-order valence-corrected chi connectivity index (χ3v) is 4.55. The van der Waals surface area contributed by atoms with Crippen LogP contribution >= 0.6 is 22.9 Å². The zero-order chi connectivity index (χ0) is 14.9. The van der Waals surface area contributed by atoms with Gasteiger partial charge >= 0.3 is 5.97 Å². The van der Waals surface area contributed by atoms with Crippen LogP contribution in [0.1, 0.15) is 33.4 Å². The van der Waals surface area contributed by atoms with Crippen LogP contribution in [-0.2, 0) is 4.74 Å². The molecule has 0 aliphatic carbocycles. The van der Waals surface area contributed by atoms with Crippen LogP contribution in [0.2, 0.25) is 5.02 Å². The van der Waals surface area contributed by atoms with E-state index in [4.69, 9.17) is 16.3 Å². The molecule has 0 aromatic carbocycles. The molecule has 0 amide bonds. The maximum atomic E-state index is 11.4. The standard InChI is InChI=1S/C14H14ClNO3S/c1-4-19-6-5-9-10-7(2)11(15)8(3)16-13(10)20-12(9)14(17)18/h5-6H,4H2,1-3H3,(H,17,18)/b6-5+. The molecule has 0 unspecified atom stereocenters. The van der Waals surface area contributed by atoms with Crippen molar-refractivity contribution in [3.05, 3.63) is 33.0 Å². The van der Waals surface area contributed by atoms with Gasteiger partial charge in [0.05, 0.1) is 23.6 Å². The Kier molecular flexibility index (Phi) is 4.30. The minimum atomic E-state index is -0.975. The van der Waals surface area contributed by atoms with Crippen LogP contribution in [0.5, 0.6) is 0 Å². The highest BCUT2D eigenvalue weighted by Gasteiger charge is 2.20. The summed E-state index contributed by atoms with van der Waals surface area (Å²) in [4.78, 5) is 16.7. The van der Waals surface area contributed by atoms with Crippen molar-refractivity contribution >= 4 is 45.2 Å². The fourth-order valence-corrected chi connectivity index (χ4v) is 3.23. The molecule has 0 saturated carbocycles. The van der Waals surface area contributed by atoms with Crippen LogP contribution in [-0.4, -0.2) is 22.7 Å². The van der Waals surface area contributed by atoms with E-state index in [1.54, 1.807) is 6.08 Å². The first-order chi connectivity index (χ1) is 9.47. The number of carbonyl (C=O) groups is 1. The van der Waals surface area contributed by atoms with Gasteiger partial charge in [-0.1, -0.05) is 11.6 Å². The number of carboxylic acids is 1. The summed E-state index contributed by atoms with van der Waals surface area (Å²) in [6.45, 7) is 6.07. The van der Waals surface area contributed by atoms with Gasteiger partial charge in [-0.25, -0.2) is 9.78 Å². The summed E-state index contributed by atoms with van der Waals surface area (Å²) >= 11 is 7.37. The highest BCUT2D eigenvalue weighted by atomic mass is 35.5. The first-order valence-electron chi connectivity index (χ1n) is 6.08. The fraction of sp³-hybridized carbons (Fsp3) is 0.286. The molecular weight excluding hydrogens is 298 g/mol. The Morgan fingerprint density at radius 3 is 2.80 bits per heavy atom. The molecule has 4 nitrogen and oxygen atoms in total. The van der Waals surface area contributed by atoms with Crippen LogP contribution in [0.15, 0.2) is 6.26 Å². The summed E-state index contributed by atoms with van der Waals surface area (Å²) in [7, 11) is 0. The Balaban J connectivity index is 2.76. The summed E-state index contributed by atoms with van der Waals surface area (Å²) in [5.41, 5.74) is 2.14. The number of hydrogen-bond donors (Lipinski definition) is 1. The molecule has 0 aliphatic rings. The van der Waals surface area contributed by atoms with Gasteiger partial charge in [0.1, 0.15) is 9.71 Å². The average Bonchev–Trinajstić information content (AvgIpc) is 2.75. The van der Waals surface area contributed by atoms with Gasteiger partial charge in [-0.05, 0) is 32.4 Å². The monoisotopic (exact) mass is 311 g/mol. The molecule has 0 fully saturated rings. The summed E-state index contributed by atoms with van der Waals surface area (Å²) < 4.78 is 5.16. The second-order valence-electron chi connectivity index (χ2n) is 4.22. The Morgan fingerprint density at radius 1 is 1.50 bits per heavy atom. The van der Waals surface area contributed by atoms with Crippen molar-refractivity contribution in [3.63, 3.8) is 0 Å². The Hall–Kier alpha value is -1.59. The normalized spacial score (nSPS) is 11.4. The number of hydrogen-bond acceptors (Lipinski definition) is 4. The number of carboxylic acid groups (broad SMARTS) is 1. The van der Waals surface area contributed by atoms with E-state index < -0.39 is 5.97 Å². The molecule has 0 bridgehead atoms. The molecule has 20 heavy (non-hydrogen) atoms. The van der Waals surface area contributed by atoms with Gasteiger partial charge in [-0.2, -0.15) is 0 Å². The maximum Gasteiger partial charge on any atom is 0.346 e. The lowest BCUT2D eigenvalue weighted by atomic mass is 10.1. The first-order valence-corrected chi connectivity index (χ1v) is 7.27. The van der Waals surface area contributed by atoms with E-state index in [2.05, 4.69) is 4.98 Å².